The number of rotatable bonds is 7. The van der Waals surface area contributed by atoms with Crippen molar-refractivity contribution in [2.45, 2.75) is 31.8 Å². The number of nitrogens with one attached hydrogen (secondary N) is 1. The molecule has 6 nitrogen and oxygen atoms in total. The molecule has 2 aromatic rings. The fourth-order valence-electron chi connectivity index (χ4n) is 2.33. The number of anilines is 1. The number of ketones is 1. The molecule has 0 saturated carbocycles. The molecular weight excluding hydrogens is 366 g/mol. The van der Waals surface area contributed by atoms with Crippen molar-refractivity contribution in [2.24, 2.45) is 0 Å². The normalized spacial score (nSPS) is 12.7. The Morgan fingerprint density at radius 1 is 1.11 bits per heavy atom. The largest absolute Gasteiger partial charge is 0.449 e. The maximum atomic E-state index is 12.4. The van der Waals surface area contributed by atoms with Gasteiger partial charge in [-0.1, -0.05) is 31.2 Å². The Morgan fingerprint density at radius 2 is 1.81 bits per heavy atom. The summed E-state index contributed by atoms with van der Waals surface area (Å²) in [6, 6.07) is 12.9. The van der Waals surface area contributed by atoms with Gasteiger partial charge in [-0.25, -0.2) is 4.79 Å². The number of carbonyl (C=O) groups excluding carboxylic acids is 3. The molecule has 0 aliphatic heterocycles. The van der Waals surface area contributed by atoms with E-state index in [0.717, 1.165) is 0 Å². The second-order valence-corrected chi connectivity index (χ2v) is 7.51. The third-order valence-corrected chi connectivity index (χ3v) is 5.18. The first-order chi connectivity index (χ1) is 12.8. The molecule has 27 heavy (non-hydrogen) atoms. The molecule has 142 valence electrons. The number of esters is 1. The standard InChI is InChI=1S/C20H21NO5S/c1-4-27(25)18-11-6-5-10-17(18)20(24)26-14(3)19(23)21-16-9-7-8-15(12-16)13(2)22/h5-12,14H,4H2,1-3H3,(H,21,23)/t14-,27+/m1/s1. The van der Waals surface area contributed by atoms with E-state index in [9.17, 15) is 18.6 Å². The molecule has 0 unspecified atom stereocenters. The molecule has 0 radical (unpaired) electrons. The van der Waals surface area contributed by atoms with Crippen LogP contribution in [0.2, 0.25) is 0 Å². The maximum absolute atomic E-state index is 12.4. The Morgan fingerprint density at radius 3 is 2.48 bits per heavy atom. The number of hydrogen-bond donors (Lipinski definition) is 1. The lowest BCUT2D eigenvalue weighted by Gasteiger charge is -2.15. The summed E-state index contributed by atoms with van der Waals surface area (Å²) in [7, 11) is -1.32. The van der Waals surface area contributed by atoms with Gasteiger partial charge in [0.25, 0.3) is 5.91 Å². The van der Waals surface area contributed by atoms with Crippen molar-refractivity contribution in [3.63, 3.8) is 0 Å². The van der Waals surface area contributed by atoms with Gasteiger partial charge in [-0.05, 0) is 38.1 Å². The summed E-state index contributed by atoms with van der Waals surface area (Å²) in [6.07, 6.45) is -1.07. The summed E-state index contributed by atoms with van der Waals surface area (Å²) >= 11 is 0. The average Bonchev–Trinajstić information content (AvgIpc) is 2.67. The van der Waals surface area contributed by atoms with Crippen molar-refractivity contribution in [2.75, 3.05) is 11.1 Å². The average molecular weight is 387 g/mol. The van der Waals surface area contributed by atoms with E-state index in [-0.39, 0.29) is 11.3 Å². The minimum atomic E-state index is -1.32. The summed E-state index contributed by atoms with van der Waals surface area (Å²) in [4.78, 5) is 36.5. The highest BCUT2D eigenvalue weighted by molar-refractivity contribution is 7.85. The van der Waals surface area contributed by atoms with Crippen LogP contribution in [0.1, 0.15) is 41.5 Å². The van der Waals surface area contributed by atoms with Crippen LogP contribution >= 0.6 is 0 Å². The molecule has 0 bridgehead atoms. The molecule has 0 aliphatic carbocycles. The molecule has 2 rings (SSSR count). The maximum Gasteiger partial charge on any atom is 0.340 e. The van der Waals surface area contributed by atoms with E-state index in [2.05, 4.69) is 5.32 Å². The third kappa shape index (κ3) is 5.34. The van der Waals surface area contributed by atoms with Crippen molar-refractivity contribution in [3.05, 3.63) is 59.7 Å². The van der Waals surface area contributed by atoms with Gasteiger partial charge in [0.15, 0.2) is 11.9 Å². The van der Waals surface area contributed by atoms with E-state index in [4.69, 9.17) is 4.74 Å². The SMILES string of the molecule is CC[S@](=O)c1ccccc1C(=O)O[C@H](C)C(=O)Nc1cccc(C(C)=O)c1. The molecular formula is C20H21NO5S. The minimum absolute atomic E-state index is 0.119. The highest BCUT2D eigenvalue weighted by atomic mass is 32.2. The lowest BCUT2D eigenvalue weighted by Crippen LogP contribution is -2.30. The first kappa shape index (κ1) is 20.5. The Balaban J connectivity index is 2.08. The molecule has 0 fully saturated rings. The second-order valence-electron chi connectivity index (χ2n) is 5.80. The smallest absolute Gasteiger partial charge is 0.340 e. The topological polar surface area (TPSA) is 89.5 Å². The van der Waals surface area contributed by atoms with Gasteiger partial charge in [-0.15, -0.1) is 0 Å². The Hall–Kier alpha value is -2.80. The second kappa shape index (κ2) is 9.23. The summed E-state index contributed by atoms with van der Waals surface area (Å²) < 4.78 is 17.3. The van der Waals surface area contributed by atoms with Gasteiger partial charge in [0, 0.05) is 17.0 Å². The highest BCUT2D eigenvalue weighted by Crippen LogP contribution is 2.17. The van der Waals surface area contributed by atoms with Gasteiger partial charge in [-0.3, -0.25) is 13.8 Å². The first-order valence-electron chi connectivity index (χ1n) is 8.43. The molecule has 0 spiro atoms. The lowest BCUT2D eigenvalue weighted by atomic mass is 10.1. The molecule has 1 N–H and O–H groups in total. The summed E-state index contributed by atoms with van der Waals surface area (Å²) in [6.45, 7) is 4.63. The highest BCUT2D eigenvalue weighted by Gasteiger charge is 2.22. The summed E-state index contributed by atoms with van der Waals surface area (Å²) in [5, 5.41) is 2.61. The van der Waals surface area contributed by atoms with Gasteiger partial charge in [0.05, 0.1) is 21.3 Å². The van der Waals surface area contributed by atoms with Crippen molar-refractivity contribution >= 4 is 34.1 Å². The van der Waals surface area contributed by atoms with Gasteiger partial charge < -0.3 is 10.1 Å². The van der Waals surface area contributed by atoms with Crippen LogP contribution in [0.4, 0.5) is 5.69 Å². The zero-order valence-electron chi connectivity index (χ0n) is 15.4. The molecule has 2 aromatic carbocycles. The zero-order valence-corrected chi connectivity index (χ0v) is 16.2. The Kier molecular flexibility index (Phi) is 7.01. The summed E-state index contributed by atoms with van der Waals surface area (Å²) in [5.41, 5.74) is 1.08. The monoisotopic (exact) mass is 387 g/mol. The van der Waals surface area contributed by atoms with Crippen LogP contribution in [0.5, 0.6) is 0 Å². The van der Waals surface area contributed by atoms with Crippen molar-refractivity contribution in [1.82, 2.24) is 0 Å². The van der Waals surface area contributed by atoms with E-state index in [0.29, 0.717) is 21.9 Å². The molecule has 0 aliphatic rings. The van der Waals surface area contributed by atoms with E-state index in [1.165, 1.54) is 19.9 Å². The van der Waals surface area contributed by atoms with Crippen LogP contribution in [-0.4, -0.2) is 33.7 Å². The van der Waals surface area contributed by atoms with Crippen LogP contribution in [0, 0.1) is 0 Å². The van der Waals surface area contributed by atoms with Gasteiger partial charge >= 0.3 is 5.97 Å². The van der Waals surface area contributed by atoms with E-state index < -0.39 is 28.8 Å². The minimum Gasteiger partial charge on any atom is -0.449 e. The van der Waals surface area contributed by atoms with Crippen molar-refractivity contribution < 1.29 is 23.3 Å². The number of benzene rings is 2. The number of hydrogen-bond acceptors (Lipinski definition) is 5. The number of carbonyl (C=O) groups is 3. The Labute approximate surface area is 160 Å². The lowest BCUT2D eigenvalue weighted by molar-refractivity contribution is -0.123. The van der Waals surface area contributed by atoms with E-state index in [1.54, 1.807) is 49.4 Å². The third-order valence-electron chi connectivity index (χ3n) is 3.80. The van der Waals surface area contributed by atoms with Crippen LogP contribution in [0.15, 0.2) is 53.4 Å². The zero-order chi connectivity index (χ0) is 20.0. The molecule has 0 saturated heterocycles. The number of Topliss-reactive ketones (excluding diaryl/α,β-unsaturated/α-hetero) is 1. The molecule has 0 aromatic heterocycles. The van der Waals surface area contributed by atoms with E-state index >= 15 is 0 Å². The van der Waals surface area contributed by atoms with Crippen LogP contribution in [0.3, 0.4) is 0 Å². The van der Waals surface area contributed by atoms with Crippen LogP contribution < -0.4 is 5.32 Å². The first-order valence-corrected chi connectivity index (χ1v) is 9.75. The van der Waals surface area contributed by atoms with Crippen LogP contribution in [0.25, 0.3) is 0 Å². The number of ether oxygens (including phenoxy) is 1. The van der Waals surface area contributed by atoms with Crippen LogP contribution in [-0.2, 0) is 20.3 Å². The fourth-order valence-corrected chi connectivity index (χ4v) is 3.26. The molecule has 7 heteroatoms. The van der Waals surface area contributed by atoms with Gasteiger partial charge in [0.2, 0.25) is 0 Å². The predicted molar refractivity (Wildman–Crippen MR) is 103 cm³/mol. The fraction of sp³-hybridized carbons (Fsp3) is 0.250. The van der Waals surface area contributed by atoms with Gasteiger partial charge in [-0.2, -0.15) is 0 Å². The molecule has 1 amide bonds. The quantitative estimate of drug-likeness (QED) is 0.582. The van der Waals surface area contributed by atoms with Gasteiger partial charge in [0.1, 0.15) is 0 Å². The van der Waals surface area contributed by atoms with Crippen molar-refractivity contribution in [3.8, 4) is 0 Å². The Bertz CT molecular complexity index is 893. The number of amides is 1. The molecule has 0 heterocycles. The predicted octanol–water partition coefficient (Wildman–Crippen LogP) is 3.20. The summed E-state index contributed by atoms with van der Waals surface area (Å²) in [5.74, 6) is -0.996. The van der Waals surface area contributed by atoms with E-state index in [1.807, 2.05) is 0 Å². The van der Waals surface area contributed by atoms with Crippen molar-refractivity contribution in [1.29, 1.82) is 0 Å². The molecule has 2 atom stereocenters.